The second-order valence-electron chi connectivity index (χ2n) is 3.91. The van der Waals surface area contributed by atoms with Gasteiger partial charge in [0.25, 0.3) is 0 Å². The van der Waals surface area contributed by atoms with E-state index in [0.717, 1.165) is 0 Å². The van der Waals surface area contributed by atoms with Gasteiger partial charge in [-0.05, 0) is 18.6 Å². The molecule has 1 saturated heterocycles. The average molecular weight is 256 g/mol. The number of ether oxygens (including phenoxy) is 1. The molecule has 17 heavy (non-hydrogen) atoms. The van der Waals surface area contributed by atoms with Gasteiger partial charge in [0.1, 0.15) is 11.8 Å². The number of aromatic nitrogens is 1. The SMILES string of the molecule is Nc1ccc(C(=O)OC2CCS(=O)(=O)C2)nc1. The first-order chi connectivity index (χ1) is 7.96. The third-order valence-electron chi connectivity index (χ3n) is 2.46. The molecule has 2 rings (SSSR count). The number of nitrogens with two attached hydrogens (primary N) is 1. The predicted molar refractivity (Wildman–Crippen MR) is 61.1 cm³/mol. The Bertz CT molecular complexity index is 524. The lowest BCUT2D eigenvalue weighted by Gasteiger charge is -2.09. The highest BCUT2D eigenvalue weighted by Crippen LogP contribution is 2.16. The largest absolute Gasteiger partial charge is 0.457 e. The monoisotopic (exact) mass is 256 g/mol. The summed E-state index contributed by atoms with van der Waals surface area (Å²) in [7, 11) is -3.05. The summed E-state index contributed by atoms with van der Waals surface area (Å²) in [5, 5.41) is 0. The van der Waals surface area contributed by atoms with Crippen molar-refractivity contribution in [2.24, 2.45) is 0 Å². The van der Waals surface area contributed by atoms with Crippen LogP contribution in [-0.2, 0) is 14.6 Å². The lowest BCUT2D eigenvalue weighted by atomic mass is 10.3. The minimum Gasteiger partial charge on any atom is -0.457 e. The maximum atomic E-state index is 11.6. The lowest BCUT2D eigenvalue weighted by molar-refractivity contribution is 0.0349. The second-order valence-corrected chi connectivity index (χ2v) is 6.14. The lowest BCUT2D eigenvalue weighted by Crippen LogP contribution is -2.20. The van der Waals surface area contributed by atoms with Crippen molar-refractivity contribution in [1.82, 2.24) is 4.98 Å². The molecule has 0 aromatic carbocycles. The third kappa shape index (κ3) is 2.94. The number of nitrogen functional groups attached to an aromatic ring is 1. The molecule has 1 atom stereocenters. The number of carbonyl (C=O) groups excluding carboxylic acids is 1. The molecule has 0 radical (unpaired) electrons. The summed E-state index contributed by atoms with van der Waals surface area (Å²) >= 11 is 0. The van der Waals surface area contributed by atoms with Gasteiger partial charge in [0.15, 0.2) is 9.84 Å². The Labute approximate surface area is 98.7 Å². The Morgan fingerprint density at radius 3 is 2.76 bits per heavy atom. The van der Waals surface area contributed by atoms with Gasteiger partial charge in [0.05, 0.1) is 23.4 Å². The van der Waals surface area contributed by atoms with E-state index in [-0.39, 0.29) is 17.2 Å². The van der Waals surface area contributed by atoms with Crippen LogP contribution in [0.15, 0.2) is 18.3 Å². The third-order valence-corrected chi connectivity index (χ3v) is 4.20. The van der Waals surface area contributed by atoms with Crippen LogP contribution in [0, 0.1) is 0 Å². The number of rotatable bonds is 2. The maximum absolute atomic E-state index is 11.6. The first-order valence-electron chi connectivity index (χ1n) is 5.09. The molecule has 2 heterocycles. The molecular formula is C10H12N2O4S. The van der Waals surface area contributed by atoms with E-state index in [9.17, 15) is 13.2 Å². The first-order valence-corrected chi connectivity index (χ1v) is 6.91. The minimum atomic E-state index is -3.05. The zero-order chi connectivity index (χ0) is 12.5. The van der Waals surface area contributed by atoms with E-state index in [2.05, 4.69) is 4.98 Å². The van der Waals surface area contributed by atoms with E-state index in [1.807, 2.05) is 0 Å². The van der Waals surface area contributed by atoms with Gasteiger partial charge in [0.2, 0.25) is 0 Å². The van der Waals surface area contributed by atoms with Crippen molar-refractivity contribution >= 4 is 21.5 Å². The van der Waals surface area contributed by atoms with E-state index in [0.29, 0.717) is 12.1 Å². The fourth-order valence-electron chi connectivity index (χ4n) is 1.59. The number of carbonyl (C=O) groups is 1. The van der Waals surface area contributed by atoms with Gasteiger partial charge in [-0.25, -0.2) is 18.2 Å². The highest BCUT2D eigenvalue weighted by atomic mass is 32.2. The number of pyridine rings is 1. The van der Waals surface area contributed by atoms with E-state index in [1.165, 1.54) is 18.3 Å². The van der Waals surface area contributed by atoms with Crippen molar-refractivity contribution in [2.45, 2.75) is 12.5 Å². The molecule has 1 fully saturated rings. The number of hydrogen-bond donors (Lipinski definition) is 1. The smallest absolute Gasteiger partial charge is 0.357 e. The Morgan fingerprint density at radius 2 is 2.24 bits per heavy atom. The summed E-state index contributed by atoms with van der Waals surface area (Å²) in [5.74, 6) is -0.652. The zero-order valence-electron chi connectivity index (χ0n) is 9.00. The summed E-state index contributed by atoms with van der Waals surface area (Å²) < 4.78 is 27.4. The zero-order valence-corrected chi connectivity index (χ0v) is 9.81. The summed E-state index contributed by atoms with van der Waals surface area (Å²) in [6.45, 7) is 0. The molecule has 2 N–H and O–H groups in total. The van der Waals surface area contributed by atoms with Crippen molar-refractivity contribution < 1.29 is 17.9 Å². The van der Waals surface area contributed by atoms with Gasteiger partial charge in [0, 0.05) is 0 Å². The molecule has 1 unspecified atom stereocenters. The molecule has 0 bridgehead atoms. The molecule has 6 nitrogen and oxygen atoms in total. The van der Waals surface area contributed by atoms with E-state index in [4.69, 9.17) is 10.5 Å². The quantitative estimate of drug-likeness (QED) is 0.748. The van der Waals surface area contributed by atoms with Crippen molar-refractivity contribution in [2.75, 3.05) is 17.2 Å². The van der Waals surface area contributed by atoms with Crippen LogP contribution in [0.4, 0.5) is 5.69 Å². The second kappa shape index (κ2) is 4.33. The molecule has 1 aliphatic heterocycles. The highest BCUT2D eigenvalue weighted by molar-refractivity contribution is 7.91. The minimum absolute atomic E-state index is 0.0696. The first kappa shape index (κ1) is 11.8. The average Bonchev–Trinajstić information content (AvgIpc) is 2.59. The van der Waals surface area contributed by atoms with Crippen LogP contribution in [0.5, 0.6) is 0 Å². The van der Waals surface area contributed by atoms with Crippen molar-refractivity contribution in [1.29, 1.82) is 0 Å². The summed E-state index contributed by atoms with van der Waals surface area (Å²) in [4.78, 5) is 15.4. The molecule has 92 valence electrons. The van der Waals surface area contributed by atoms with Crippen LogP contribution in [-0.4, -0.2) is 37.0 Å². The summed E-state index contributed by atoms with van der Waals surface area (Å²) in [5.41, 5.74) is 6.01. The van der Waals surface area contributed by atoms with E-state index >= 15 is 0 Å². The summed E-state index contributed by atoms with van der Waals surface area (Å²) in [6.07, 6.45) is 1.14. The molecule has 7 heteroatoms. The number of sulfone groups is 1. The molecule has 0 saturated carbocycles. The standard InChI is InChI=1S/C10H12N2O4S/c11-7-1-2-9(12-5-7)10(13)16-8-3-4-17(14,15)6-8/h1-2,5,8H,3-4,6,11H2. The van der Waals surface area contributed by atoms with Crippen LogP contribution in [0.25, 0.3) is 0 Å². The Balaban J connectivity index is 2.01. The Morgan fingerprint density at radius 1 is 1.47 bits per heavy atom. The predicted octanol–water partition coefficient (Wildman–Crippen LogP) is 0.00770. The van der Waals surface area contributed by atoms with Crippen molar-refractivity contribution in [3.63, 3.8) is 0 Å². The number of anilines is 1. The van der Waals surface area contributed by atoms with Gasteiger partial charge >= 0.3 is 5.97 Å². The van der Waals surface area contributed by atoms with Crippen molar-refractivity contribution in [3.05, 3.63) is 24.0 Å². The number of esters is 1. The maximum Gasteiger partial charge on any atom is 0.357 e. The van der Waals surface area contributed by atoms with Gasteiger partial charge in [-0.1, -0.05) is 0 Å². The van der Waals surface area contributed by atoms with Gasteiger partial charge in [-0.2, -0.15) is 0 Å². The highest BCUT2D eigenvalue weighted by Gasteiger charge is 2.31. The molecule has 0 spiro atoms. The number of hydrogen-bond acceptors (Lipinski definition) is 6. The summed E-state index contributed by atoms with van der Waals surface area (Å²) in [6, 6.07) is 2.98. The van der Waals surface area contributed by atoms with Crippen LogP contribution in [0.2, 0.25) is 0 Å². The number of nitrogens with zero attached hydrogens (tertiary/aromatic N) is 1. The van der Waals surface area contributed by atoms with E-state index in [1.54, 1.807) is 0 Å². The van der Waals surface area contributed by atoms with Crippen molar-refractivity contribution in [3.8, 4) is 0 Å². The molecule has 0 amide bonds. The Hall–Kier alpha value is -1.63. The van der Waals surface area contributed by atoms with Gasteiger partial charge in [-0.3, -0.25) is 0 Å². The van der Waals surface area contributed by atoms with E-state index < -0.39 is 21.9 Å². The van der Waals surface area contributed by atoms with Crippen LogP contribution in [0.3, 0.4) is 0 Å². The fraction of sp³-hybridized carbons (Fsp3) is 0.400. The van der Waals surface area contributed by atoms with Crippen LogP contribution < -0.4 is 5.73 Å². The molecule has 1 aromatic heterocycles. The topological polar surface area (TPSA) is 99.4 Å². The van der Waals surface area contributed by atoms with Crippen LogP contribution >= 0.6 is 0 Å². The molecule has 1 aromatic rings. The van der Waals surface area contributed by atoms with Crippen LogP contribution in [0.1, 0.15) is 16.9 Å². The van der Waals surface area contributed by atoms with Gasteiger partial charge in [-0.15, -0.1) is 0 Å². The Kier molecular flexibility index (Phi) is 3.01. The molecule has 1 aliphatic rings. The normalized spacial score (nSPS) is 22.2. The van der Waals surface area contributed by atoms with Gasteiger partial charge < -0.3 is 10.5 Å². The molecule has 0 aliphatic carbocycles. The molecular weight excluding hydrogens is 244 g/mol. The fourth-order valence-corrected chi connectivity index (χ4v) is 3.18.